The van der Waals surface area contributed by atoms with Gasteiger partial charge in [0, 0.05) is 36.9 Å². The molecule has 0 radical (unpaired) electrons. The van der Waals surface area contributed by atoms with Crippen molar-refractivity contribution >= 4 is 46.2 Å². The summed E-state index contributed by atoms with van der Waals surface area (Å²) in [6, 6.07) is 14.5. The van der Waals surface area contributed by atoms with Gasteiger partial charge in [-0.25, -0.2) is 0 Å². The molecule has 2 heterocycles. The van der Waals surface area contributed by atoms with E-state index in [2.05, 4.69) is 58.1 Å². The topological polar surface area (TPSA) is 35.9 Å². The number of aliphatic imine (C=N–C) groups is 1. The van der Waals surface area contributed by atoms with Crippen LogP contribution in [-0.4, -0.2) is 42.2 Å². The molecule has 0 aromatic heterocycles. The number of amides is 1. The van der Waals surface area contributed by atoms with Gasteiger partial charge >= 0.3 is 0 Å². The molecule has 2 aliphatic rings. The fraction of sp³-hybridized carbons (Fsp3) is 0.304. The molecule has 0 atom stereocenters. The first-order chi connectivity index (χ1) is 14.0. The molecular formula is C23H24ClN3OS. The first-order valence-electron chi connectivity index (χ1n) is 9.91. The molecule has 4 rings (SSSR count). The van der Waals surface area contributed by atoms with Crippen molar-refractivity contribution in [1.82, 2.24) is 4.90 Å². The minimum Gasteiger partial charge on any atom is -0.368 e. The van der Waals surface area contributed by atoms with E-state index in [0.29, 0.717) is 4.91 Å². The zero-order chi connectivity index (χ0) is 20.4. The van der Waals surface area contributed by atoms with E-state index in [9.17, 15) is 4.79 Å². The first-order valence-corrected chi connectivity index (χ1v) is 11.1. The smallest absolute Gasteiger partial charge is 0.286 e. The summed E-state index contributed by atoms with van der Waals surface area (Å²) in [6.45, 7) is 7.58. The molecule has 0 saturated carbocycles. The summed E-state index contributed by atoms with van der Waals surface area (Å²) >= 11 is 7.76. The molecule has 1 saturated heterocycles. The summed E-state index contributed by atoms with van der Waals surface area (Å²) in [4.78, 5) is 21.9. The lowest BCUT2D eigenvalue weighted by Gasteiger charge is -2.36. The van der Waals surface area contributed by atoms with Gasteiger partial charge in [-0.05, 0) is 60.0 Å². The Balaban J connectivity index is 1.39. The molecule has 2 aliphatic heterocycles. The van der Waals surface area contributed by atoms with Crippen LogP contribution in [-0.2, 0) is 11.2 Å². The number of nitrogens with zero attached hydrogens (tertiary/aromatic N) is 3. The van der Waals surface area contributed by atoms with Crippen molar-refractivity contribution in [3.8, 4) is 0 Å². The van der Waals surface area contributed by atoms with Crippen molar-refractivity contribution in [3.05, 3.63) is 69.1 Å². The van der Waals surface area contributed by atoms with Gasteiger partial charge in [0.25, 0.3) is 5.91 Å². The van der Waals surface area contributed by atoms with Crippen LogP contribution in [0.4, 0.5) is 5.69 Å². The zero-order valence-electron chi connectivity index (χ0n) is 16.7. The second-order valence-electron chi connectivity index (χ2n) is 7.31. The van der Waals surface area contributed by atoms with E-state index in [0.717, 1.165) is 59.6 Å². The van der Waals surface area contributed by atoms with Crippen molar-refractivity contribution in [2.75, 3.05) is 31.1 Å². The summed E-state index contributed by atoms with van der Waals surface area (Å²) in [7, 11) is 0. The molecule has 150 valence electrons. The van der Waals surface area contributed by atoms with Gasteiger partial charge in [0.15, 0.2) is 5.17 Å². The van der Waals surface area contributed by atoms with Crippen LogP contribution in [0, 0.1) is 6.92 Å². The molecule has 6 heteroatoms. The maximum absolute atomic E-state index is 12.4. The van der Waals surface area contributed by atoms with Gasteiger partial charge in [-0.15, -0.1) is 0 Å². The molecule has 2 aromatic carbocycles. The van der Waals surface area contributed by atoms with E-state index in [1.165, 1.54) is 17.3 Å². The van der Waals surface area contributed by atoms with E-state index < -0.39 is 0 Å². The predicted molar refractivity (Wildman–Crippen MR) is 124 cm³/mol. The number of aryl methyl sites for hydroxylation is 2. The lowest BCUT2D eigenvalue weighted by Crippen LogP contribution is -2.47. The molecule has 1 fully saturated rings. The van der Waals surface area contributed by atoms with E-state index in [1.54, 1.807) is 0 Å². The monoisotopic (exact) mass is 425 g/mol. The highest BCUT2D eigenvalue weighted by Crippen LogP contribution is 2.31. The van der Waals surface area contributed by atoms with Crippen molar-refractivity contribution in [2.24, 2.45) is 4.99 Å². The van der Waals surface area contributed by atoms with Gasteiger partial charge in [0.1, 0.15) is 0 Å². The summed E-state index contributed by atoms with van der Waals surface area (Å²) in [5, 5.41) is 1.61. The summed E-state index contributed by atoms with van der Waals surface area (Å²) in [5.74, 6) is -0.141. The van der Waals surface area contributed by atoms with Gasteiger partial charge in [-0.2, -0.15) is 4.99 Å². The van der Waals surface area contributed by atoms with Crippen LogP contribution in [0.1, 0.15) is 23.6 Å². The second-order valence-corrected chi connectivity index (χ2v) is 8.73. The quantitative estimate of drug-likeness (QED) is 0.648. The number of rotatable bonds is 3. The number of hydrogen-bond donors (Lipinski definition) is 0. The molecule has 0 unspecified atom stereocenters. The van der Waals surface area contributed by atoms with E-state index in [1.807, 2.05) is 19.1 Å². The molecule has 0 bridgehead atoms. The average Bonchev–Trinajstić information content (AvgIpc) is 3.11. The highest BCUT2D eigenvalue weighted by molar-refractivity contribution is 8.18. The normalized spacial score (nSPS) is 18.5. The maximum atomic E-state index is 12.4. The number of hydrogen-bond acceptors (Lipinski definition) is 4. The second kappa shape index (κ2) is 8.64. The largest absolute Gasteiger partial charge is 0.368 e. The first kappa shape index (κ1) is 20.0. The Labute approximate surface area is 181 Å². The third-order valence-electron chi connectivity index (χ3n) is 5.37. The third-order valence-corrected chi connectivity index (χ3v) is 6.82. The maximum Gasteiger partial charge on any atom is 0.286 e. The Bertz CT molecular complexity index is 976. The number of anilines is 1. The van der Waals surface area contributed by atoms with E-state index in [4.69, 9.17) is 11.6 Å². The van der Waals surface area contributed by atoms with Crippen molar-refractivity contribution in [3.63, 3.8) is 0 Å². The Hall–Kier alpha value is -2.24. The summed E-state index contributed by atoms with van der Waals surface area (Å²) < 4.78 is 0. The fourth-order valence-electron chi connectivity index (χ4n) is 3.47. The number of thioether (sulfide) groups is 1. The molecule has 2 aromatic rings. The molecule has 0 aliphatic carbocycles. The van der Waals surface area contributed by atoms with E-state index in [-0.39, 0.29) is 5.91 Å². The van der Waals surface area contributed by atoms with Crippen LogP contribution in [0.3, 0.4) is 0 Å². The van der Waals surface area contributed by atoms with Gasteiger partial charge < -0.3 is 9.80 Å². The minimum absolute atomic E-state index is 0.141. The van der Waals surface area contributed by atoms with Crippen molar-refractivity contribution in [2.45, 2.75) is 20.3 Å². The Morgan fingerprint density at radius 1 is 1.07 bits per heavy atom. The molecule has 4 nitrogen and oxygen atoms in total. The molecule has 0 spiro atoms. The molecule has 1 amide bonds. The third kappa shape index (κ3) is 4.51. The Morgan fingerprint density at radius 3 is 2.41 bits per heavy atom. The van der Waals surface area contributed by atoms with Crippen molar-refractivity contribution < 1.29 is 4.79 Å². The molecule has 0 N–H and O–H groups in total. The van der Waals surface area contributed by atoms with E-state index >= 15 is 0 Å². The van der Waals surface area contributed by atoms with Crippen LogP contribution >= 0.6 is 23.4 Å². The molecule has 29 heavy (non-hydrogen) atoms. The number of carbonyl (C=O) groups is 1. The summed E-state index contributed by atoms with van der Waals surface area (Å²) in [6.07, 6.45) is 2.95. The number of amidine groups is 1. The van der Waals surface area contributed by atoms with Crippen LogP contribution in [0.2, 0.25) is 5.02 Å². The predicted octanol–water partition coefficient (Wildman–Crippen LogP) is 5.00. The Morgan fingerprint density at radius 2 is 1.76 bits per heavy atom. The number of carbonyl (C=O) groups excluding carboxylic acids is 1. The molecular weight excluding hydrogens is 402 g/mol. The van der Waals surface area contributed by atoms with Gasteiger partial charge in [0.2, 0.25) is 0 Å². The zero-order valence-corrected chi connectivity index (χ0v) is 18.3. The highest BCUT2D eigenvalue weighted by Gasteiger charge is 2.28. The lowest BCUT2D eigenvalue weighted by atomic mass is 10.1. The summed E-state index contributed by atoms with van der Waals surface area (Å²) in [5.41, 5.74) is 4.57. The van der Waals surface area contributed by atoms with Crippen LogP contribution in [0.5, 0.6) is 0 Å². The number of halogens is 1. The minimum atomic E-state index is -0.141. The van der Waals surface area contributed by atoms with Crippen LogP contribution in [0.25, 0.3) is 6.08 Å². The lowest BCUT2D eigenvalue weighted by molar-refractivity contribution is -0.113. The van der Waals surface area contributed by atoms with Crippen LogP contribution in [0.15, 0.2) is 52.4 Å². The van der Waals surface area contributed by atoms with Gasteiger partial charge in [-0.3, -0.25) is 4.79 Å². The Kier molecular flexibility index (Phi) is 5.97. The number of benzene rings is 2. The van der Waals surface area contributed by atoms with Crippen molar-refractivity contribution in [1.29, 1.82) is 0 Å². The number of piperazine rings is 1. The highest BCUT2D eigenvalue weighted by atomic mass is 35.5. The fourth-order valence-corrected chi connectivity index (χ4v) is 4.61. The van der Waals surface area contributed by atoms with Gasteiger partial charge in [-0.1, -0.05) is 48.9 Å². The van der Waals surface area contributed by atoms with Crippen LogP contribution < -0.4 is 4.90 Å². The standard InChI is InChI=1S/C23H24ClN3OS/c1-3-17-5-7-18(8-6-17)14-21-22(28)25-23(29-21)27-12-10-26(11-13-27)19-9-4-16(2)20(24)15-19/h4-9,14-15H,3,10-13H2,1-2H3/b21-14+. The SMILES string of the molecule is CCc1ccc(/C=C2/SC(N3CCN(c4ccc(C)c(Cl)c4)CC3)=NC2=O)cc1. The van der Waals surface area contributed by atoms with Gasteiger partial charge in [0.05, 0.1) is 4.91 Å². The average molecular weight is 426 g/mol.